The molecule has 2 amide bonds. The first-order chi connectivity index (χ1) is 8.45. The normalized spacial score (nSPS) is 12.9. The maximum absolute atomic E-state index is 12.9. The van der Waals surface area contributed by atoms with E-state index in [2.05, 4.69) is 10.5 Å². The number of amidine groups is 1. The number of oxime groups is 1. The molecular weight excluding hydrogens is 239 g/mol. The van der Waals surface area contributed by atoms with E-state index in [4.69, 9.17) is 10.9 Å². The zero-order chi connectivity index (χ0) is 13.7. The molecule has 0 aliphatic rings. The Morgan fingerprint density at radius 1 is 1.61 bits per heavy atom. The number of benzene rings is 1. The average molecular weight is 254 g/mol. The summed E-state index contributed by atoms with van der Waals surface area (Å²) in [6, 6.07) is 4.45. The van der Waals surface area contributed by atoms with Crippen molar-refractivity contribution in [1.82, 2.24) is 4.90 Å². The molecule has 7 heteroatoms. The fourth-order valence-electron chi connectivity index (χ4n) is 1.24. The van der Waals surface area contributed by atoms with Crippen molar-refractivity contribution < 1.29 is 14.4 Å². The van der Waals surface area contributed by atoms with Gasteiger partial charge in [0.05, 0.1) is 6.04 Å². The van der Waals surface area contributed by atoms with Gasteiger partial charge in [0, 0.05) is 12.7 Å². The van der Waals surface area contributed by atoms with Crippen molar-refractivity contribution in [3.63, 3.8) is 0 Å². The van der Waals surface area contributed by atoms with E-state index in [1.54, 1.807) is 13.0 Å². The van der Waals surface area contributed by atoms with Gasteiger partial charge >= 0.3 is 6.03 Å². The Labute approximate surface area is 104 Å². The van der Waals surface area contributed by atoms with E-state index in [0.717, 1.165) is 0 Å². The first-order valence-electron chi connectivity index (χ1n) is 5.22. The van der Waals surface area contributed by atoms with Gasteiger partial charge in [0.1, 0.15) is 5.82 Å². The summed E-state index contributed by atoms with van der Waals surface area (Å²) >= 11 is 0. The van der Waals surface area contributed by atoms with Gasteiger partial charge in [-0.1, -0.05) is 11.2 Å². The van der Waals surface area contributed by atoms with Gasteiger partial charge in [0.15, 0.2) is 5.84 Å². The van der Waals surface area contributed by atoms with Crippen LogP contribution in [0.3, 0.4) is 0 Å². The molecule has 4 N–H and O–H groups in total. The molecule has 0 aliphatic carbocycles. The number of anilines is 1. The molecular formula is C11H15FN4O2. The summed E-state index contributed by atoms with van der Waals surface area (Å²) in [5, 5.41) is 13.8. The van der Waals surface area contributed by atoms with E-state index in [-0.39, 0.29) is 5.84 Å². The monoisotopic (exact) mass is 254 g/mol. The lowest BCUT2D eigenvalue weighted by Crippen LogP contribution is -2.45. The van der Waals surface area contributed by atoms with Gasteiger partial charge in [-0.15, -0.1) is 0 Å². The maximum atomic E-state index is 12.9. The van der Waals surface area contributed by atoms with Crippen LogP contribution in [-0.4, -0.2) is 35.1 Å². The summed E-state index contributed by atoms with van der Waals surface area (Å²) in [7, 11) is 1.48. The highest BCUT2D eigenvalue weighted by Crippen LogP contribution is 2.10. The van der Waals surface area contributed by atoms with E-state index in [9.17, 15) is 9.18 Å². The largest absolute Gasteiger partial charge is 0.409 e. The van der Waals surface area contributed by atoms with Gasteiger partial charge in [0.25, 0.3) is 0 Å². The number of hydrogen-bond acceptors (Lipinski definition) is 3. The van der Waals surface area contributed by atoms with Crippen molar-refractivity contribution in [2.24, 2.45) is 10.9 Å². The van der Waals surface area contributed by atoms with Crippen LogP contribution in [0.5, 0.6) is 0 Å². The molecule has 6 nitrogen and oxygen atoms in total. The van der Waals surface area contributed by atoms with Crippen molar-refractivity contribution in [3.05, 3.63) is 30.1 Å². The highest BCUT2D eigenvalue weighted by Gasteiger charge is 2.19. The summed E-state index contributed by atoms with van der Waals surface area (Å²) in [4.78, 5) is 13.0. The molecule has 0 fully saturated rings. The molecule has 0 aromatic heterocycles. The molecule has 0 heterocycles. The Bertz CT molecular complexity index is 464. The van der Waals surface area contributed by atoms with Crippen LogP contribution in [0.25, 0.3) is 0 Å². The summed E-state index contributed by atoms with van der Waals surface area (Å²) in [6.07, 6.45) is 0. The van der Waals surface area contributed by atoms with Crippen LogP contribution >= 0.6 is 0 Å². The predicted molar refractivity (Wildman–Crippen MR) is 66.1 cm³/mol. The van der Waals surface area contributed by atoms with Gasteiger partial charge in [0.2, 0.25) is 0 Å². The smallest absolute Gasteiger partial charge is 0.322 e. The Morgan fingerprint density at radius 2 is 2.28 bits per heavy atom. The second-order valence-electron chi connectivity index (χ2n) is 3.75. The molecule has 1 atom stereocenters. The summed E-state index contributed by atoms with van der Waals surface area (Å²) < 4.78 is 12.9. The van der Waals surface area contributed by atoms with Crippen molar-refractivity contribution >= 4 is 17.6 Å². The van der Waals surface area contributed by atoms with E-state index in [0.29, 0.717) is 5.69 Å². The lowest BCUT2D eigenvalue weighted by molar-refractivity contribution is 0.217. The molecule has 1 rings (SSSR count). The number of carbonyl (C=O) groups excluding carboxylic acids is 1. The minimum atomic E-state index is -0.580. The van der Waals surface area contributed by atoms with Gasteiger partial charge in [-0.25, -0.2) is 9.18 Å². The zero-order valence-electron chi connectivity index (χ0n) is 10.1. The summed E-state index contributed by atoms with van der Waals surface area (Å²) in [5.41, 5.74) is 5.72. The first kappa shape index (κ1) is 13.8. The van der Waals surface area contributed by atoms with Crippen LogP contribution in [0.15, 0.2) is 29.4 Å². The molecule has 0 saturated carbocycles. The maximum Gasteiger partial charge on any atom is 0.322 e. The van der Waals surface area contributed by atoms with Gasteiger partial charge in [-0.05, 0) is 25.1 Å². The fraction of sp³-hybridized carbons (Fsp3) is 0.273. The zero-order valence-corrected chi connectivity index (χ0v) is 10.1. The van der Waals surface area contributed by atoms with Gasteiger partial charge in [-0.3, -0.25) is 0 Å². The molecule has 98 valence electrons. The lowest BCUT2D eigenvalue weighted by atomic mass is 10.3. The van der Waals surface area contributed by atoms with Crippen molar-refractivity contribution in [2.45, 2.75) is 13.0 Å². The molecule has 0 bridgehead atoms. The van der Waals surface area contributed by atoms with Crippen molar-refractivity contribution in [1.29, 1.82) is 0 Å². The van der Waals surface area contributed by atoms with Crippen LogP contribution in [0.2, 0.25) is 0 Å². The number of amides is 2. The third kappa shape index (κ3) is 3.34. The van der Waals surface area contributed by atoms with Crippen LogP contribution in [0, 0.1) is 5.82 Å². The summed E-state index contributed by atoms with van der Waals surface area (Å²) in [5.74, 6) is -0.535. The predicted octanol–water partition coefficient (Wildman–Crippen LogP) is 1.42. The third-order valence-corrected chi connectivity index (χ3v) is 2.52. The Morgan fingerprint density at radius 3 is 2.83 bits per heavy atom. The topological polar surface area (TPSA) is 91.0 Å². The van der Waals surface area contributed by atoms with Crippen molar-refractivity contribution in [2.75, 3.05) is 12.4 Å². The Hall–Kier alpha value is -2.31. The van der Waals surface area contributed by atoms with Gasteiger partial charge in [-0.2, -0.15) is 0 Å². The van der Waals surface area contributed by atoms with Crippen LogP contribution < -0.4 is 11.1 Å². The third-order valence-electron chi connectivity index (χ3n) is 2.52. The number of carbonyl (C=O) groups is 1. The molecule has 18 heavy (non-hydrogen) atoms. The molecule has 1 aromatic carbocycles. The first-order valence-corrected chi connectivity index (χ1v) is 5.22. The van der Waals surface area contributed by atoms with Crippen LogP contribution in [-0.2, 0) is 0 Å². The second kappa shape index (κ2) is 5.85. The number of rotatable bonds is 3. The highest BCUT2D eigenvalue weighted by molar-refractivity contribution is 5.94. The van der Waals surface area contributed by atoms with Gasteiger partial charge < -0.3 is 21.2 Å². The fourth-order valence-corrected chi connectivity index (χ4v) is 1.24. The lowest BCUT2D eigenvalue weighted by Gasteiger charge is -2.23. The Kier molecular flexibility index (Phi) is 4.47. The number of likely N-dealkylation sites (N-methyl/N-ethyl adjacent to an activating group) is 1. The molecule has 0 spiro atoms. The SMILES string of the molecule is CC(C(N)=NO)N(C)C(=O)Nc1cccc(F)c1. The molecule has 0 radical (unpaired) electrons. The quantitative estimate of drug-likeness (QED) is 0.330. The van der Waals surface area contributed by atoms with E-state index in [1.165, 1.54) is 30.1 Å². The van der Waals surface area contributed by atoms with E-state index < -0.39 is 17.9 Å². The van der Waals surface area contributed by atoms with Crippen LogP contribution in [0.4, 0.5) is 14.9 Å². The number of nitrogens with two attached hydrogens (primary N) is 1. The number of hydrogen-bond donors (Lipinski definition) is 3. The number of halogens is 1. The Balaban J connectivity index is 2.71. The molecule has 0 aliphatic heterocycles. The minimum absolute atomic E-state index is 0.0908. The van der Waals surface area contributed by atoms with Crippen LogP contribution in [0.1, 0.15) is 6.92 Å². The molecule has 1 unspecified atom stereocenters. The highest BCUT2D eigenvalue weighted by atomic mass is 19.1. The molecule has 0 saturated heterocycles. The van der Waals surface area contributed by atoms with Crippen molar-refractivity contribution in [3.8, 4) is 0 Å². The second-order valence-corrected chi connectivity index (χ2v) is 3.75. The van der Waals surface area contributed by atoms with E-state index >= 15 is 0 Å². The minimum Gasteiger partial charge on any atom is -0.409 e. The van der Waals surface area contributed by atoms with E-state index in [1.807, 2.05) is 0 Å². The molecule has 1 aromatic rings. The standard InChI is InChI=1S/C11H15FN4O2/c1-7(10(13)15-18)16(2)11(17)14-9-5-3-4-8(12)6-9/h3-7,18H,1-2H3,(H2,13,15)(H,14,17). The summed E-state index contributed by atoms with van der Waals surface area (Å²) in [6.45, 7) is 1.60. The number of urea groups is 1. The number of nitrogens with zero attached hydrogens (tertiary/aromatic N) is 2. The number of nitrogens with one attached hydrogen (secondary N) is 1. The average Bonchev–Trinajstić information content (AvgIpc) is 2.36.